The fraction of sp³-hybridized carbons (Fsp3) is 0.588. The van der Waals surface area contributed by atoms with Gasteiger partial charge in [0.05, 0.1) is 18.3 Å². The van der Waals surface area contributed by atoms with Gasteiger partial charge in [-0.3, -0.25) is 4.68 Å². The number of nitrogens with zero attached hydrogens (tertiary/aromatic N) is 3. The van der Waals surface area contributed by atoms with Crippen LogP contribution in [0, 0.1) is 0 Å². The van der Waals surface area contributed by atoms with Gasteiger partial charge in [-0.2, -0.15) is 5.10 Å². The fourth-order valence-corrected chi connectivity index (χ4v) is 3.30. The molecular weight excluding hydrogens is 260 g/mol. The van der Waals surface area contributed by atoms with Crippen LogP contribution in [0.1, 0.15) is 56.5 Å². The van der Waals surface area contributed by atoms with Gasteiger partial charge in [0.25, 0.3) is 0 Å². The monoisotopic (exact) mass is 286 g/mol. The molecule has 0 saturated heterocycles. The van der Waals surface area contributed by atoms with Crippen LogP contribution in [0.25, 0.3) is 0 Å². The van der Waals surface area contributed by atoms with Crippen molar-refractivity contribution in [2.75, 3.05) is 0 Å². The third kappa shape index (κ3) is 3.56. The standard InChI is InChI=1S/C17H26N4/c1-14(18)12-17-8-5-10-20(17)13-15-9-11-21(19-15)16-6-3-2-4-7-16/h5,8-11,14,16H,2-4,6-7,12-13,18H2,1H3. The predicted molar refractivity (Wildman–Crippen MR) is 85.2 cm³/mol. The molecule has 4 nitrogen and oxygen atoms in total. The van der Waals surface area contributed by atoms with E-state index >= 15 is 0 Å². The van der Waals surface area contributed by atoms with Crippen molar-refractivity contribution in [1.82, 2.24) is 14.3 Å². The van der Waals surface area contributed by atoms with Gasteiger partial charge in [0, 0.05) is 30.6 Å². The molecule has 2 N–H and O–H groups in total. The molecule has 0 aromatic carbocycles. The highest BCUT2D eigenvalue weighted by atomic mass is 15.3. The van der Waals surface area contributed by atoms with E-state index < -0.39 is 0 Å². The van der Waals surface area contributed by atoms with Gasteiger partial charge in [0.1, 0.15) is 0 Å². The molecule has 3 rings (SSSR count). The number of rotatable bonds is 5. The molecule has 1 saturated carbocycles. The fourth-order valence-electron chi connectivity index (χ4n) is 3.30. The van der Waals surface area contributed by atoms with Crippen LogP contribution in [-0.2, 0) is 13.0 Å². The summed E-state index contributed by atoms with van der Waals surface area (Å²) in [4.78, 5) is 0. The van der Waals surface area contributed by atoms with E-state index in [2.05, 4.69) is 46.8 Å². The number of hydrogen-bond acceptors (Lipinski definition) is 2. The number of hydrogen-bond donors (Lipinski definition) is 1. The maximum Gasteiger partial charge on any atom is 0.0821 e. The van der Waals surface area contributed by atoms with Gasteiger partial charge in [-0.05, 0) is 38.0 Å². The first-order valence-corrected chi connectivity index (χ1v) is 8.16. The van der Waals surface area contributed by atoms with Crippen LogP contribution < -0.4 is 5.73 Å². The first-order chi connectivity index (χ1) is 10.2. The Morgan fingerprint density at radius 3 is 2.81 bits per heavy atom. The smallest absolute Gasteiger partial charge is 0.0821 e. The quantitative estimate of drug-likeness (QED) is 0.918. The van der Waals surface area contributed by atoms with Gasteiger partial charge < -0.3 is 10.3 Å². The van der Waals surface area contributed by atoms with E-state index in [1.54, 1.807) is 0 Å². The molecule has 1 atom stereocenters. The predicted octanol–water partition coefficient (Wildman–Crippen LogP) is 3.13. The highest BCUT2D eigenvalue weighted by molar-refractivity contribution is 5.12. The summed E-state index contributed by atoms with van der Waals surface area (Å²) in [5.74, 6) is 0. The molecule has 1 aliphatic rings. The van der Waals surface area contributed by atoms with Crippen molar-refractivity contribution in [2.24, 2.45) is 5.73 Å². The molecule has 0 spiro atoms. The summed E-state index contributed by atoms with van der Waals surface area (Å²) < 4.78 is 4.44. The van der Waals surface area contributed by atoms with Crippen molar-refractivity contribution in [3.05, 3.63) is 42.0 Å². The van der Waals surface area contributed by atoms with E-state index in [9.17, 15) is 0 Å². The second kappa shape index (κ2) is 6.48. The summed E-state index contributed by atoms with van der Waals surface area (Å²) in [6.45, 7) is 2.89. The molecule has 1 aliphatic carbocycles. The second-order valence-corrected chi connectivity index (χ2v) is 6.39. The zero-order valence-electron chi connectivity index (χ0n) is 12.9. The summed E-state index contributed by atoms with van der Waals surface area (Å²) in [7, 11) is 0. The number of nitrogens with two attached hydrogens (primary N) is 1. The molecule has 0 bridgehead atoms. The van der Waals surface area contributed by atoms with Gasteiger partial charge >= 0.3 is 0 Å². The van der Waals surface area contributed by atoms with Gasteiger partial charge in [-0.25, -0.2) is 0 Å². The Morgan fingerprint density at radius 2 is 2.05 bits per heavy atom. The molecule has 2 aromatic heterocycles. The largest absolute Gasteiger partial charge is 0.345 e. The summed E-state index contributed by atoms with van der Waals surface area (Å²) in [5, 5.41) is 4.79. The van der Waals surface area contributed by atoms with Crippen LogP contribution in [-0.4, -0.2) is 20.4 Å². The summed E-state index contributed by atoms with van der Waals surface area (Å²) in [5.41, 5.74) is 8.34. The Morgan fingerprint density at radius 1 is 1.24 bits per heavy atom. The van der Waals surface area contributed by atoms with Gasteiger partial charge in [0.2, 0.25) is 0 Å². The maximum absolute atomic E-state index is 5.91. The Labute approximate surface area is 126 Å². The van der Waals surface area contributed by atoms with E-state index in [1.807, 2.05) is 0 Å². The molecule has 1 unspecified atom stereocenters. The zero-order chi connectivity index (χ0) is 14.7. The summed E-state index contributed by atoms with van der Waals surface area (Å²) >= 11 is 0. The summed E-state index contributed by atoms with van der Waals surface area (Å²) in [6, 6.07) is 7.21. The lowest BCUT2D eigenvalue weighted by Gasteiger charge is -2.21. The lowest BCUT2D eigenvalue weighted by atomic mass is 9.96. The Kier molecular flexibility index (Phi) is 4.44. The Hall–Kier alpha value is -1.55. The van der Waals surface area contributed by atoms with Crippen LogP contribution in [0.2, 0.25) is 0 Å². The first-order valence-electron chi connectivity index (χ1n) is 8.16. The lowest BCUT2D eigenvalue weighted by molar-refractivity contribution is 0.328. The average molecular weight is 286 g/mol. The molecule has 114 valence electrons. The molecular formula is C17H26N4. The van der Waals surface area contributed by atoms with Gasteiger partial charge in [-0.15, -0.1) is 0 Å². The minimum absolute atomic E-state index is 0.193. The third-order valence-electron chi connectivity index (χ3n) is 4.40. The Bertz CT molecular complexity index is 561. The minimum Gasteiger partial charge on any atom is -0.345 e. The summed E-state index contributed by atoms with van der Waals surface area (Å²) in [6.07, 6.45) is 11.8. The van der Waals surface area contributed by atoms with E-state index in [0.717, 1.165) is 18.7 Å². The van der Waals surface area contributed by atoms with Crippen LogP contribution in [0.3, 0.4) is 0 Å². The second-order valence-electron chi connectivity index (χ2n) is 6.39. The molecule has 0 amide bonds. The highest BCUT2D eigenvalue weighted by Crippen LogP contribution is 2.27. The first kappa shape index (κ1) is 14.4. The van der Waals surface area contributed by atoms with Crippen LogP contribution >= 0.6 is 0 Å². The molecule has 2 aromatic rings. The van der Waals surface area contributed by atoms with Crippen molar-refractivity contribution in [3.8, 4) is 0 Å². The minimum atomic E-state index is 0.193. The zero-order valence-corrected chi connectivity index (χ0v) is 12.9. The van der Waals surface area contributed by atoms with E-state index in [-0.39, 0.29) is 6.04 Å². The molecule has 2 heterocycles. The van der Waals surface area contributed by atoms with E-state index in [0.29, 0.717) is 6.04 Å². The SMILES string of the molecule is CC(N)Cc1cccn1Cc1ccn(C2CCCCC2)n1. The van der Waals surface area contributed by atoms with Crippen molar-refractivity contribution >= 4 is 0 Å². The van der Waals surface area contributed by atoms with E-state index in [4.69, 9.17) is 10.8 Å². The highest BCUT2D eigenvalue weighted by Gasteiger charge is 2.16. The maximum atomic E-state index is 5.91. The molecule has 4 heteroatoms. The normalized spacial score (nSPS) is 18.0. The van der Waals surface area contributed by atoms with Crippen LogP contribution in [0.15, 0.2) is 30.6 Å². The molecule has 21 heavy (non-hydrogen) atoms. The van der Waals surface area contributed by atoms with E-state index in [1.165, 1.54) is 37.8 Å². The number of aromatic nitrogens is 3. The van der Waals surface area contributed by atoms with Crippen molar-refractivity contribution < 1.29 is 0 Å². The van der Waals surface area contributed by atoms with Crippen LogP contribution in [0.5, 0.6) is 0 Å². The van der Waals surface area contributed by atoms with Gasteiger partial charge in [-0.1, -0.05) is 19.3 Å². The lowest BCUT2D eigenvalue weighted by Crippen LogP contribution is -2.20. The third-order valence-corrected chi connectivity index (χ3v) is 4.40. The van der Waals surface area contributed by atoms with Crippen molar-refractivity contribution in [3.63, 3.8) is 0 Å². The topological polar surface area (TPSA) is 48.8 Å². The van der Waals surface area contributed by atoms with Gasteiger partial charge in [0.15, 0.2) is 0 Å². The van der Waals surface area contributed by atoms with Crippen molar-refractivity contribution in [1.29, 1.82) is 0 Å². The van der Waals surface area contributed by atoms with Crippen LogP contribution in [0.4, 0.5) is 0 Å². The Balaban J connectivity index is 1.68. The molecule has 0 radical (unpaired) electrons. The van der Waals surface area contributed by atoms with Crippen molar-refractivity contribution in [2.45, 2.75) is 64.1 Å². The molecule has 0 aliphatic heterocycles. The molecule has 1 fully saturated rings. The average Bonchev–Trinajstić information content (AvgIpc) is 3.10.